The van der Waals surface area contributed by atoms with Crippen LogP contribution in [0.15, 0.2) is 47.4 Å². The molecule has 0 unspecified atom stereocenters. The Hall–Kier alpha value is -1.86. The van der Waals surface area contributed by atoms with Gasteiger partial charge in [0.25, 0.3) is 0 Å². The summed E-state index contributed by atoms with van der Waals surface area (Å²) < 4.78 is 65.9. The lowest BCUT2D eigenvalue weighted by molar-refractivity contribution is 0.504. The summed E-state index contributed by atoms with van der Waals surface area (Å²) in [6.07, 6.45) is 0. The fourth-order valence-corrected chi connectivity index (χ4v) is 3.12. The van der Waals surface area contributed by atoms with E-state index in [9.17, 15) is 21.6 Å². The molecule has 1 atom stereocenters. The Labute approximate surface area is 120 Å². The maximum atomic E-state index is 13.5. The quantitative estimate of drug-likeness (QED) is 0.942. The first-order valence-electron chi connectivity index (χ1n) is 6.03. The molecule has 0 aromatic heterocycles. The number of nitrogens with one attached hydrogen (secondary N) is 1. The van der Waals surface area contributed by atoms with E-state index in [1.54, 1.807) is 0 Å². The zero-order chi connectivity index (χ0) is 15.6. The maximum Gasteiger partial charge on any atom is 0.244 e. The van der Waals surface area contributed by atoms with E-state index in [1.807, 2.05) is 0 Å². The molecule has 0 saturated carbocycles. The third kappa shape index (κ3) is 3.43. The Balaban J connectivity index is 2.28. The van der Waals surface area contributed by atoms with Gasteiger partial charge in [-0.3, -0.25) is 0 Å². The fourth-order valence-electron chi connectivity index (χ4n) is 1.81. The molecule has 1 N–H and O–H groups in total. The van der Waals surface area contributed by atoms with Gasteiger partial charge in [-0.05, 0) is 36.8 Å². The molecule has 0 fully saturated rings. The minimum absolute atomic E-state index is 0.230. The van der Waals surface area contributed by atoms with E-state index >= 15 is 0 Å². The van der Waals surface area contributed by atoms with Gasteiger partial charge in [-0.2, -0.15) is 0 Å². The van der Waals surface area contributed by atoms with Crippen LogP contribution >= 0.6 is 0 Å². The molecule has 2 rings (SSSR count). The molecule has 0 amide bonds. The Kier molecular flexibility index (Phi) is 4.34. The van der Waals surface area contributed by atoms with Crippen LogP contribution < -0.4 is 4.72 Å². The highest BCUT2D eigenvalue weighted by molar-refractivity contribution is 7.89. The highest BCUT2D eigenvalue weighted by atomic mass is 32.2. The van der Waals surface area contributed by atoms with Crippen LogP contribution in [0, 0.1) is 17.5 Å². The standard InChI is InChI=1S/C14H12F3NO2S/c1-9(10-6-7-11(15)13(17)8-10)18-21(19,20)14-5-3-2-4-12(14)16/h2-9,18H,1H3/t9-/m1/s1. The monoisotopic (exact) mass is 315 g/mol. The van der Waals surface area contributed by atoms with Crippen LogP contribution in [-0.2, 0) is 10.0 Å². The molecule has 0 aliphatic rings. The zero-order valence-corrected chi connectivity index (χ0v) is 11.8. The molecule has 112 valence electrons. The summed E-state index contributed by atoms with van der Waals surface area (Å²) in [4.78, 5) is -0.501. The topological polar surface area (TPSA) is 46.2 Å². The molecule has 3 nitrogen and oxygen atoms in total. The van der Waals surface area contributed by atoms with Gasteiger partial charge in [-0.1, -0.05) is 18.2 Å². The lowest BCUT2D eigenvalue weighted by Crippen LogP contribution is -2.27. The van der Waals surface area contributed by atoms with Crippen molar-refractivity contribution in [3.8, 4) is 0 Å². The lowest BCUT2D eigenvalue weighted by Gasteiger charge is -2.15. The van der Waals surface area contributed by atoms with Crippen molar-refractivity contribution >= 4 is 10.0 Å². The van der Waals surface area contributed by atoms with Crippen LogP contribution in [0.2, 0.25) is 0 Å². The van der Waals surface area contributed by atoms with Crippen LogP contribution in [0.1, 0.15) is 18.5 Å². The molecule has 21 heavy (non-hydrogen) atoms. The number of hydrogen-bond donors (Lipinski definition) is 1. The molecular weight excluding hydrogens is 303 g/mol. The molecule has 2 aromatic carbocycles. The molecule has 0 aliphatic carbocycles. The van der Waals surface area contributed by atoms with E-state index in [0.29, 0.717) is 0 Å². The average Bonchev–Trinajstić information content (AvgIpc) is 2.41. The van der Waals surface area contributed by atoms with Gasteiger partial charge in [0.05, 0.1) is 0 Å². The smallest absolute Gasteiger partial charge is 0.207 e. The van der Waals surface area contributed by atoms with Crippen LogP contribution in [0.5, 0.6) is 0 Å². The number of halogens is 3. The first kappa shape index (κ1) is 15.5. The lowest BCUT2D eigenvalue weighted by atomic mass is 10.1. The minimum Gasteiger partial charge on any atom is -0.207 e. The van der Waals surface area contributed by atoms with E-state index in [-0.39, 0.29) is 5.56 Å². The summed E-state index contributed by atoms with van der Waals surface area (Å²) in [5.41, 5.74) is 0.230. The molecule has 0 aliphatic heterocycles. The van der Waals surface area contributed by atoms with Gasteiger partial charge in [-0.15, -0.1) is 0 Å². The number of sulfonamides is 1. The van der Waals surface area contributed by atoms with E-state index in [0.717, 1.165) is 24.3 Å². The Morgan fingerprint density at radius 2 is 1.62 bits per heavy atom. The Bertz CT molecular complexity index is 763. The summed E-state index contributed by atoms with van der Waals surface area (Å²) >= 11 is 0. The van der Waals surface area contributed by atoms with Crippen LogP contribution in [0.4, 0.5) is 13.2 Å². The molecule has 0 bridgehead atoms. The van der Waals surface area contributed by atoms with Gasteiger partial charge in [0.2, 0.25) is 10.0 Å². The molecule has 0 heterocycles. The van der Waals surface area contributed by atoms with Gasteiger partial charge in [-0.25, -0.2) is 26.3 Å². The second-order valence-electron chi connectivity index (χ2n) is 4.45. The SMILES string of the molecule is C[C@@H](NS(=O)(=O)c1ccccc1F)c1ccc(F)c(F)c1. The summed E-state index contributed by atoms with van der Waals surface area (Å²) in [5.74, 6) is -2.99. The largest absolute Gasteiger partial charge is 0.244 e. The third-order valence-corrected chi connectivity index (χ3v) is 4.48. The Morgan fingerprint density at radius 3 is 2.24 bits per heavy atom. The average molecular weight is 315 g/mol. The fraction of sp³-hybridized carbons (Fsp3) is 0.143. The van der Waals surface area contributed by atoms with Crippen molar-refractivity contribution in [2.45, 2.75) is 17.9 Å². The molecule has 7 heteroatoms. The van der Waals surface area contributed by atoms with Crippen LogP contribution in [-0.4, -0.2) is 8.42 Å². The second kappa shape index (κ2) is 5.87. The summed E-state index contributed by atoms with van der Waals surface area (Å²) in [7, 11) is -4.10. The summed E-state index contributed by atoms with van der Waals surface area (Å²) in [6.45, 7) is 1.45. The van der Waals surface area contributed by atoms with Crippen LogP contribution in [0.3, 0.4) is 0 Å². The van der Waals surface area contributed by atoms with E-state index in [2.05, 4.69) is 4.72 Å². The van der Waals surface area contributed by atoms with Crippen molar-refractivity contribution in [2.75, 3.05) is 0 Å². The van der Waals surface area contributed by atoms with Gasteiger partial charge in [0.1, 0.15) is 10.7 Å². The number of benzene rings is 2. The molecule has 2 aromatic rings. The molecule has 0 radical (unpaired) electrons. The predicted molar refractivity (Wildman–Crippen MR) is 71.5 cm³/mol. The molecule has 0 spiro atoms. The van der Waals surface area contributed by atoms with Crippen molar-refractivity contribution in [1.82, 2.24) is 4.72 Å². The van der Waals surface area contributed by atoms with Crippen molar-refractivity contribution in [1.29, 1.82) is 0 Å². The zero-order valence-electron chi connectivity index (χ0n) is 11.0. The summed E-state index contributed by atoms with van der Waals surface area (Å²) in [5, 5.41) is 0. The third-order valence-electron chi connectivity index (χ3n) is 2.90. The molecule has 0 saturated heterocycles. The van der Waals surface area contributed by atoms with Gasteiger partial charge >= 0.3 is 0 Å². The van der Waals surface area contributed by atoms with Crippen molar-refractivity contribution in [2.24, 2.45) is 0 Å². The van der Waals surface area contributed by atoms with Crippen LogP contribution in [0.25, 0.3) is 0 Å². The number of hydrogen-bond acceptors (Lipinski definition) is 2. The first-order chi connectivity index (χ1) is 9.81. The van der Waals surface area contributed by atoms with Crippen molar-refractivity contribution in [3.63, 3.8) is 0 Å². The normalized spacial score (nSPS) is 13.1. The van der Waals surface area contributed by atoms with Crippen molar-refractivity contribution < 1.29 is 21.6 Å². The van der Waals surface area contributed by atoms with E-state index in [1.165, 1.54) is 25.1 Å². The predicted octanol–water partition coefficient (Wildman–Crippen LogP) is 3.14. The van der Waals surface area contributed by atoms with Gasteiger partial charge in [0.15, 0.2) is 11.6 Å². The summed E-state index contributed by atoms with van der Waals surface area (Å²) in [6, 6.07) is 7.11. The number of rotatable bonds is 4. The highest BCUT2D eigenvalue weighted by Gasteiger charge is 2.22. The Morgan fingerprint density at radius 1 is 0.952 bits per heavy atom. The maximum absolute atomic E-state index is 13.5. The van der Waals surface area contributed by atoms with Crippen molar-refractivity contribution in [3.05, 3.63) is 65.5 Å². The molecular formula is C14H12F3NO2S. The minimum atomic E-state index is -4.10. The van der Waals surface area contributed by atoms with Gasteiger partial charge < -0.3 is 0 Å². The van der Waals surface area contributed by atoms with Gasteiger partial charge in [0, 0.05) is 6.04 Å². The first-order valence-corrected chi connectivity index (χ1v) is 7.51. The van der Waals surface area contributed by atoms with E-state index in [4.69, 9.17) is 0 Å². The second-order valence-corrected chi connectivity index (χ2v) is 6.13. The highest BCUT2D eigenvalue weighted by Crippen LogP contribution is 2.20. The van der Waals surface area contributed by atoms with E-state index < -0.39 is 38.4 Å².